The van der Waals surface area contributed by atoms with E-state index < -0.39 is 29.5 Å². The van der Waals surface area contributed by atoms with Gasteiger partial charge in [0.2, 0.25) is 5.91 Å². The third-order valence-corrected chi connectivity index (χ3v) is 5.24. The SMILES string of the molecule is CNC(=O)C(CCC=O)N1Cc2c(NCc3cc(OC)ccc3F)cc(F)cc2C1=O. The number of hydrogen-bond donors (Lipinski definition) is 2. The summed E-state index contributed by atoms with van der Waals surface area (Å²) in [6, 6.07) is 5.79. The first kappa shape index (κ1) is 22.2. The smallest absolute Gasteiger partial charge is 0.255 e. The van der Waals surface area contributed by atoms with Crippen LogP contribution in [0.5, 0.6) is 5.75 Å². The molecule has 1 unspecified atom stereocenters. The van der Waals surface area contributed by atoms with E-state index in [1.165, 1.54) is 43.3 Å². The summed E-state index contributed by atoms with van der Waals surface area (Å²) < 4.78 is 33.5. The van der Waals surface area contributed by atoms with Gasteiger partial charge in [-0.3, -0.25) is 9.59 Å². The van der Waals surface area contributed by atoms with Gasteiger partial charge in [0.1, 0.15) is 29.7 Å². The molecule has 31 heavy (non-hydrogen) atoms. The lowest BCUT2D eigenvalue weighted by atomic mass is 10.1. The quantitative estimate of drug-likeness (QED) is 0.596. The molecule has 9 heteroatoms. The van der Waals surface area contributed by atoms with Crippen LogP contribution < -0.4 is 15.4 Å². The van der Waals surface area contributed by atoms with Gasteiger partial charge in [-0.15, -0.1) is 0 Å². The van der Waals surface area contributed by atoms with Gasteiger partial charge in [0, 0.05) is 48.9 Å². The summed E-state index contributed by atoms with van der Waals surface area (Å²) in [7, 11) is 2.91. The second-order valence-corrected chi connectivity index (χ2v) is 7.10. The Morgan fingerprint density at radius 1 is 1.29 bits per heavy atom. The summed E-state index contributed by atoms with van der Waals surface area (Å²) in [5.41, 5.74) is 1.29. The molecule has 0 saturated carbocycles. The van der Waals surface area contributed by atoms with Crippen LogP contribution in [0.4, 0.5) is 14.5 Å². The number of carbonyl (C=O) groups is 3. The minimum atomic E-state index is -0.859. The summed E-state index contributed by atoms with van der Waals surface area (Å²) in [5, 5.41) is 5.49. The highest BCUT2D eigenvalue weighted by Gasteiger charge is 2.37. The van der Waals surface area contributed by atoms with Crippen LogP contribution in [-0.4, -0.2) is 43.2 Å². The first-order valence-electron chi connectivity index (χ1n) is 9.74. The minimum Gasteiger partial charge on any atom is -0.497 e. The molecular formula is C22H23F2N3O4. The third kappa shape index (κ3) is 4.65. The molecule has 0 bridgehead atoms. The van der Waals surface area contributed by atoms with Gasteiger partial charge in [0.15, 0.2) is 0 Å². The van der Waals surface area contributed by atoms with E-state index in [0.29, 0.717) is 28.8 Å². The molecule has 1 aliphatic rings. The number of anilines is 1. The number of ether oxygens (including phenoxy) is 1. The number of nitrogens with zero attached hydrogens (tertiary/aromatic N) is 1. The Hall–Kier alpha value is -3.49. The molecule has 0 radical (unpaired) electrons. The lowest BCUT2D eigenvalue weighted by molar-refractivity contribution is -0.125. The molecule has 1 atom stereocenters. The van der Waals surface area contributed by atoms with E-state index >= 15 is 0 Å². The number of methoxy groups -OCH3 is 1. The topological polar surface area (TPSA) is 87.7 Å². The number of benzene rings is 2. The summed E-state index contributed by atoms with van der Waals surface area (Å²) in [6.45, 7) is 0.103. The van der Waals surface area contributed by atoms with E-state index in [1.807, 2.05) is 0 Å². The number of nitrogens with one attached hydrogen (secondary N) is 2. The normalized spacial score (nSPS) is 13.5. The van der Waals surface area contributed by atoms with Crippen molar-refractivity contribution < 1.29 is 27.9 Å². The lowest BCUT2D eigenvalue weighted by Crippen LogP contribution is -2.46. The Balaban J connectivity index is 1.88. The maximum absolute atomic E-state index is 14.2. The van der Waals surface area contributed by atoms with E-state index in [1.54, 1.807) is 0 Å². The largest absolute Gasteiger partial charge is 0.497 e. The van der Waals surface area contributed by atoms with Gasteiger partial charge in [-0.25, -0.2) is 8.78 Å². The second-order valence-electron chi connectivity index (χ2n) is 7.10. The molecule has 7 nitrogen and oxygen atoms in total. The molecule has 0 aromatic heterocycles. The van der Waals surface area contributed by atoms with Gasteiger partial charge >= 0.3 is 0 Å². The van der Waals surface area contributed by atoms with Crippen molar-refractivity contribution in [2.45, 2.75) is 32.0 Å². The van der Waals surface area contributed by atoms with Gasteiger partial charge in [-0.05, 0) is 36.8 Å². The predicted octanol–water partition coefficient (Wildman–Crippen LogP) is 2.64. The standard InChI is InChI=1S/C22H23F2N3O4/c1-25-21(29)20(4-3-7-28)27-12-17-16(22(27)30)9-14(23)10-19(17)26-11-13-8-15(31-2)5-6-18(13)24/h5-10,20,26H,3-4,11-12H2,1-2H3,(H,25,29). The van der Waals surface area contributed by atoms with Crippen molar-refractivity contribution in [2.75, 3.05) is 19.5 Å². The number of rotatable bonds is 9. The first-order chi connectivity index (χ1) is 14.9. The molecule has 1 aliphatic heterocycles. The van der Waals surface area contributed by atoms with Crippen molar-refractivity contribution in [3.8, 4) is 5.75 Å². The summed E-state index contributed by atoms with van der Waals surface area (Å²) in [6.07, 6.45) is 0.939. The van der Waals surface area contributed by atoms with E-state index in [4.69, 9.17) is 4.74 Å². The van der Waals surface area contributed by atoms with Crippen molar-refractivity contribution in [3.05, 3.63) is 58.7 Å². The Kier molecular flexibility index (Phi) is 6.84. The van der Waals surface area contributed by atoms with Crippen molar-refractivity contribution in [3.63, 3.8) is 0 Å². The van der Waals surface area contributed by atoms with Crippen molar-refractivity contribution >= 4 is 23.8 Å². The van der Waals surface area contributed by atoms with Crippen LogP contribution in [0.25, 0.3) is 0 Å². The maximum Gasteiger partial charge on any atom is 0.255 e. The van der Waals surface area contributed by atoms with E-state index in [9.17, 15) is 23.2 Å². The average molecular weight is 431 g/mol. The first-order valence-corrected chi connectivity index (χ1v) is 9.74. The molecule has 0 saturated heterocycles. The second kappa shape index (κ2) is 9.55. The monoisotopic (exact) mass is 431 g/mol. The summed E-state index contributed by atoms with van der Waals surface area (Å²) in [4.78, 5) is 37.3. The van der Waals surface area contributed by atoms with Crippen molar-refractivity contribution in [1.82, 2.24) is 10.2 Å². The number of likely N-dealkylation sites (N-methyl/N-ethyl adjacent to an activating group) is 1. The number of halogens is 2. The molecule has 1 heterocycles. The van der Waals surface area contributed by atoms with Crippen LogP contribution in [-0.2, 0) is 22.7 Å². The molecule has 0 fully saturated rings. The predicted molar refractivity (Wildman–Crippen MR) is 110 cm³/mol. The Morgan fingerprint density at radius 3 is 2.74 bits per heavy atom. The number of hydrogen-bond acceptors (Lipinski definition) is 5. The fourth-order valence-electron chi connectivity index (χ4n) is 3.63. The molecule has 0 aliphatic carbocycles. The van der Waals surface area contributed by atoms with Crippen LogP contribution in [0.1, 0.15) is 34.3 Å². The highest BCUT2D eigenvalue weighted by Crippen LogP contribution is 2.33. The van der Waals surface area contributed by atoms with Crippen LogP contribution in [0.3, 0.4) is 0 Å². The van der Waals surface area contributed by atoms with Gasteiger partial charge in [0.05, 0.1) is 7.11 Å². The summed E-state index contributed by atoms with van der Waals surface area (Å²) >= 11 is 0. The number of fused-ring (bicyclic) bond motifs is 1. The molecule has 2 aromatic carbocycles. The zero-order valence-corrected chi connectivity index (χ0v) is 17.2. The van der Waals surface area contributed by atoms with Crippen LogP contribution in [0, 0.1) is 11.6 Å². The number of aldehydes is 1. The fraction of sp³-hybridized carbons (Fsp3) is 0.318. The van der Waals surface area contributed by atoms with Crippen LogP contribution in [0.2, 0.25) is 0 Å². The van der Waals surface area contributed by atoms with E-state index in [2.05, 4.69) is 10.6 Å². The zero-order chi connectivity index (χ0) is 22.5. The maximum atomic E-state index is 14.2. The molecule has 0 spiro atoms. The van der Waals surface area contributed by atoms with Gasteiger partial charge in [-0.2, -0.15) is 0 Å². The van der Waals surface area contributed by atoms with Crippen LogP contribution in [0.15, 0.2) is 30.3 Å². The number of carbonyl (C=O) groups excluding carboxylic acids is 3. The molecule has 3 rings (SSSR count). The van der Waals surface area contributed by atoms with Crippen molar-refractivity contribution in [1.29, 1.82) is 0 Å². The third-order valence-electron chi connectivity index (χ3n) is 5.24. The Bertz CT molecular complexity index is 1010. The zero-order valence-electron chi connectivity index (χ0n) is 17.2. The molecule has 2 amide bonds. The highest BCUT2D eigenvalue weighted by atomic mass is 19.1. The van der Waals surface area contributed by atoms with Gasteiger partial charge in [-0.1, -0.05) is 0 Å². The fourth-order valence-corrected chi connectivity index (χ4v) is 3.63. The average Bonchev–Trinajstić information content (AvgIpc) is 3.09. The highest BCUT2D eigenvalue weighted by molar-refractivity contribution is 6.02. The Labute approximate surface area is 178 Å². The van der Waals surface area contributed by atoms with Gasteiger partial charge < -0.3 is 25.1 Å². The molecule has 164 valence electrons. The number of amides is 2. The lowest BCUT2D eigenvalue weighted by Gasteiger charge is -2.25. The molecule has 2 aromatic rings. The van der Waals surface area contributed by atoms with Crippen molar-refractivity contribution in [2.24, 2.45) is 0 Å². The van der Waals surface area contributed by atoms with E-state index in [0.717, 1.165) is 6.07 Å². The molecule has 2 N–H and O–H groups in total. The minimum absolute atomic E-state index is 0.0388. The molecular weight excluding hydrogens is 408 g/mol. The summed E-state index contributed by atoms with van der Waals surface area (Å²) in [5.74, 6) is -1.51. The van der Waals surface area contributed by atoms with E-state index in [-0.39, 0.29) is 31.5 Å². The van der Waals surface area contributed by atoms with Crippen LogP contribution >= 0.6 is 0 Å². The van der Waals surface area contributed by atoms with Gasteiger partial charge in [0.25, 0.3) is 5.91 Å². The Morgan fingerprint density at radius 2 is 2.06 bits per heavy atom.